The molecule has 1 aliphatic heterocycles. The molecule has 1 aromatic carbocycles. The zero-order valence-electron chi connectivity index (χ0n) is 11.8. The van der Waals surface area contributed by atoms with Gasteiger partial charge in [0.2, 0.25) is 0 Å². The van der Waals surface area contributed by atoms with E-state index >= 15 is 0 Å². The fourth-order valence-electron chi connectivity index (χ4n) is 2.29. The molecular formula is C16H15NO4. The van der Waals surface area contributed by atoms with Crippen LogP contribution in [0.4, 0.5) is 0 Å². The first-order chi connectivity index (χ1) is 10.1. The number of ether oxygens (including phenoxy) is 2. The standard InChI is InChI=1S/C16H15NO4/c1-3-20-16(19)13-10(2)21-15(18)12(9-17)14(13)11-7-5-4-6-8-11/h4-8,14,18H,3H2,1-2H3. The Labute approximate surface area is 122 Å². The lowest BCUT2D eigenvalue weighted by molar-refractivity contribution is -0.139. The summed E-state index contributed by atoms with van der Waals surface area (Å²) in [6, 6.07) is 10.9. The van der Waals surface area contributed by atoms with Crippen molar-refractivity contribution in [2.45, 2.75) is 19.8 Å². The van der Waals surface area contributed by atoms with Crippen molar-refractivity contribution in [2.24, 2.45) is 0 Å². The topological polar surface area (TPSA) is 79.6 Å². The fourth-order valence-corrected chi connectivity index (χ4v) is 2.29. The number of hydrogen-bond acceptors (Lipinski definition) is 5. The summed E-state index contributed by atoms with van der Waals surface area (Å²) < 4.78 is 10.2. The summed E-state index contributed by atoms with van der Waals surface area (Å²) in [5.74, 6) is -1.48. The minimum absolute atomic E-state index is 0.00477. The van der Waals surface area contributed by atoms with Crippen molar-refractivity contribution in [3.63, 3.8) is 0 Å². The van der Waals surface area contributed by atoms with Crippen molar-refractivity contribution in [3.05, 3.63) is 58.7 Å². The van der Waals surface area contributed by atoms with E-state index in [4.69, 9.17) is 9.47 Å². The number of nitriles is 1. The Morgan fingerprint density at radius 2 is 2.10 bits per heavy atom. The molecule has 0 amide bonds. The van der Waals surface area contributed by atoms with Gasteiger partial charge in [0.25, 0.3) is 5.95 Å². The molecule has 0 radical (unpaired) electrons. The summed E-state index contributed by atoms with van der Waals surface area (Å²) in [6.07, 6.45) is 0. The Balaban J connectivity index is 2.58. The molecule has 0 spiro atoms. The quantitative estimate of drug-likeness (QED) is 0.864. The number of aliphatic hydroxyl groups excluding tert-OH is 1. The van der Waals surface area contributed by atoms with Gasteiger partial charge in [0, 0.05) is 0 Å². The number of nitrogens with zero attached hydrogens (tertiary/aromatic N) is 1. The number of hydrogen-bond donors (Lipinski definition) is 1. The highest BCUT2D eigenvalue weighted by Crippen LogP contribution is 2.39. The van der Waals surface area contributed by atoms with E-state index in [9.17, 15) is 15.2 Å². The van der Waals surface area contributed by atoms with Gasteiger partial charge >= 0.3 is 5.97 Å². The second-order valence-electron chi connectivity index (χ2n) is 4.47. The van der Waals surface area contributed by atoms with E-state index in [1.54, 1.807) is 38.1 Å². The fraction of sp³-hybridized carbons (Fsp3) is 0.250. The van der Waals surface area contributed by atoms with Gasteiger partial charge in [-0.05, 0) is 19.4 Å². The van der Waals surface area contributed by atoms with Crippen LogP contribution in [0.5, 0.6) is 0 Å². The van der Waals surface area contributed by atoms with E-state index in [2.05, 4.69) is 0 Å². The molecule has 1 aromatic rings. The molecule has 5 nitrogen and oxygen atoms in total. The van der Waals surface area contributed by atoms with Crippen LogP contribution in [-0.4, -0.2) is 17.7 Å². The van der Waals surface area contributed by atoms with Crippen molar-refractivity contribution in [1.29, 1.82) is 5.26 Å². The number of esters is 1. The van der Waals surface area contributed by atoms with Gasteiger partial charge in [0.1, 0.15) is 17.4 Å². The van der Waals surface area contributed by atoms with Crippen LogP contribution >= 0.6 is 0 Å². The third kappa shape index (κ3) is 2.75. The SMILES string of the molecule is CCOC(=O)C1=C(C)OC(O)=C(C#N)C1c1ccccc1. The van der Waals surface area contributed by atoms with E-state index in [1.807, 2.05) is 12.1 Å². The zero-order valence-corrected chi connectivity index (χ0v) is 11.8. The van der Waals surface area contributed by atoms with Crippen molar-refractivity contribution in [2.75, 3.05) is 6.61 Å². The van der Waals surface area contributed by atoms with Crippen LogP contribution in [0.25, 0.3) is 0 Å². The van der Waals surface area contributed by atoms with Gasteiger partial charge in [-0.3, -0.25) is 0 Å². The maximum absolute atomic E-state index is 12.2. The molecule has 1 unspecified atom stereocenters. The van der Waals surface area contributed by atoms with Crippen LogP contribution < -0.4 is 0 Å². The largest absolute Gasteiger partial charge is 0.480 e. The Morgan fingerprint density at radius 1 is 1.43 bits per heavy atom. The maximum Gasteiger partial charge on any atom is 0.338 e. The molecule has 0 saturated carbocycles. The maximum atomic E-state index is 12.2. The molecule has 1 atom stereocenters. The van der Waals surface area contributed by atoms with E-state index in [-0.39, 0.29) is 23.5 Å². The highest BCUT2D eigenvalue weighted by Gasteiger charge is 2.36. The lowest BCUT2D eigenvalue weighted by Crippen LogP contribution is -2.23. The number of aliphatic hydroxyl groups is 1. The van der Waals surface area contributed by atoms with Crippen molar-refractivity contribution in [1.82, 2.24) is 0 Å². The molecule has 0 aromatic heterocycles. The van der Waals surface area contributed by atoms with E-state index in [0.717, 1.165) is 0 Å². The first-order valence-electron chi connectivity index (χ1n) is 6.54. The molecule has 1 heterocycles. The summed E-state index contributed by atoms with van der Waals surface area (Å²) in [7, 11) is 0. The van der Waals surface area contributed by atoms with Gasteiger partial charge in [-0.2, -0.15) is 5.26 Å². The number of carbonyl (C=O) groups is 1. The monoisotopic (exact) mass is 285 g/mol. The van der Waals surface area contributed by atoms with Crippen LogP contribution in [0.1, 0.15) is 25.3 Å². The van der Waals surface area contributed by atoms with Crippen LogP contribution in [-0.2, 0) is 14.3 Å². The zero-order chi connectivity index (χ0) is 15.4. The Morgan fingerprint density at radius 3 is 2.67 bits per heavy atom. The smallest absolute Gasteiger partial charge is 0.338 e. The molecule has 1 aliphatic rings. The highest BCUT2D eigenvalue weighted by molar-refractivity contribution is 5.92. The van der Waals surface area contributed by atoms with Crippen LogP contribution in [0.2, 0.25) is 0 Å². The van der Waals surface area contributed by atoms with Crippen LogP contribution in [0, 0.1) is 11.3 Å². The van der Waals surface area contributed by atoms with E-state index in [1.165, 1.54) is 0 Å². The lowest BCUT2D eigenvalue weighted by Gasteiger charge is -2.25. The van der Waals surface area contributed by atoms with Crippen molar-refractivity contribution < 1.29 is 19.4 Å². The predicted molar refractivity (Wildman–Crippen MR) is 74.9 cm³/mol. The number of carbonyl (C=O) groups excluding carboxylic acids is 1. The number of benzene rings is 1. The average molecular weight is 285 g/mol. The Bertz CT molecular complexity index is 653. The van der Waals surface area contributed by atoms with Gasteiger partial charge in [-0.25, -0.2) is 4.79 Å². The third-order valence-electron chi connectivity index (χ3n) is 3.19. The lowest BCUT2D eigenvalue weighted by atomic mass is 9.83. The van der Waals surface area contributed by atoms with E-state index in [0.29, 0.717) is 5.56 Å². The Hall–Kier alpha value is -2.74. The van der Waals surface area contributed by atoms with Crippen molar-refractivity contribution >= 4 is 5.97 Å². The first kappa shape index (κ1) is 14.7. The van der Waals surface area contributed by atoms with Gasteiger partial charge in [0.15, 0.2) is 0 Å². The predicted octanol–water partition coefficient (Wildman–Crippen LogP) is 2.93. The van der Waals surface area contributed by atoms with Crippen molar-refractivity contribution in [3.8, 4) is 6.07 Å². The molecule has 0 saturated heterocycles. The highest BCUT2D eigenvalue weighted by atomic mass is 16.6. The average Bonchev–Trinajstić information content (AvgIpc) is 2.47. The second-order valence-corrected chi connectivity index (χ2v) is 4.47. The molecule has 0 fully saturated rings. The molecule has 21 heavy (non-hydrogen) atoms. The summed E-state index contributed by atoms with van der Waals surface area (Å²) in [6.45, 7) is 3.48. The third-order valence-corrected chi connectivity index (χ3v) is 3.19. The summed E-state index contributed by atoms with van der Waals surface area (Å²) in [4.78, 5) is 12.2. The summed E-state index contributed by atoms with van der Waals surface area (Å²) in [5, 5.41) is 19.1. The molecular weight excluding hydrogens is 270 g/mol. The van der Waals surface area contributed by atoms with Gasteiger partial charge in [-0.15, -0.1) is 0 Å². The molecule has 2 rings (SSSR count). The van der Waals surface area contributed by atoms with Gasteiger partial charge in [-0.1, -0.05) is 30.3 Å². The molecule has 5 heteroatoms. The van der Waals surface area contributed by atoms with Crippen LogP contribution in [0.3, 0.4) is 0 Å². The summed E-state index contributed by atoms with van der Waals surface area (Å²) in [5.41, 5.74) is 0.943. The van der Waals surface area contributed by atoms with E-state index < -0.39 is 17.8 Å². The molecule has 0 bridgehead atoms. The number of rotatable bonds is 3. The second kappa shape index (κ2) is 6.14. The number of allylic oxidation sites excluding steroid dienone is 2. The summed E-state index contributed by atoms with van der Waals surface area (Å²) >= 11 is 0. The molecule has 0 aliphatic carbocycles. The minimum Gasteiger partial charge on any atom is -0.480 e. The van der Waals surface area contributed by atoms with Gasteiger partial charge < -0.3 is 14.6 Å². The Kier molecular flexibility index (Phi) is 4.29. The minimum atomic E-state index is -0.691. The molecule has 108 valence electrons. The first-order valence-corrected chi connectivity index (χ1v) is 6.54. The molecule has 1 N–H and O–H groups in total. The normalized spacial score (nSPS) is 18.0. The van der Waals surface area contributed by atoms with Crippen LogP contribution in [0.15, 0.2) is 53.2 Å². The van der Waals surface area contributed by atoms with Gasteiger partial charge in [0.05, 0.1) is 18.1 Å².